The molecule has 0 spiro atoms. The Labute approximate surface area is 128 Å². The molecule has 0 saturated carbocycles. The summed E-state index contributed by atoms with van der Waals surface area (Å²) < 4.78 is 15.2. The van der Waals surface area contributed by atoms with Crippen molar-refractivity contribution in [2.45, 2.75) is 0 Å². The first kappa shape index (κ1) is 14.2. The number of aromatic nitrogens is 2. The molecule has 22 heavy (non-hydrogen) atoms. The molecule has 1 aromatic heterocycles. The molecule has 110 valence electrons. The van der Waals surface area contributed by atoms with E-state index in [-0.39, 0.29) is 10.9 Å². The summed E-state index contributed by atoms with van der Waals surface area (Å²) in [5.41, 5.74) is -1.06. The first-order chi connectivity index (χ1) is 10.5. The van der Waals surface area contributed by atoms with Crippen LogP contribution in [0.2, 0.25) is 5.02 Å². The topological polar surface area (TPSA) is 72.2 Å². The first-order valence-electron chi connectivity index (χ1n) is 6.20. The second-order valence-electron chi connectivity index (χ2n) is 4.51. The lowest BCUT2D eigenvalue weighted by Crippen LogP contribution is -2.23. The zero-order valence-corrected chi connectivity index (χ0v) is 11.7. The lowest BCUT2D eigenvalue weighted by Gasteiger charge is -2.11. The van der Waals surface area contributed by atoms with Crippen LogP contribution in [0.5, 0.6) is 0 Å². The Morgan fingerprint density at radius 3 is 2.50 bits per heavy atom. The van der Waals surface area contributed by atoms with Gasteiger partial charge in [0.1, 0.15) is 5.82 Å². The van der Waals surface area contributed by atoms with Gasteiger partial charge in [-0.05, 0) is 36.4 Å². The number of halogens is 2. The minimum atomic E-state index is -1.52. The van der Waals surface area contributed by atoms with Crippen molar-refractivity contribution in [1.29, 1.82) is 0 Å². The second kappa shape index (κ2) is 5.23. The Morgan fingerprint density at radius 2 is 1.86 bits per heavy atom. The van der Waals surface area contributed by atoms with Crippen molar-refractivity contribution >= 4 is 28.5 Å². The van der Waals surface area contributed by atoms with Gasteiger partial charge in [0.2, 0.25) is 11.1 Å². The predicted molar refractivity (Wildman–Crippen MR) is 79.3 cm³/mol. The van der Waals surface area contributed by atoms with Gasteiger partial charge in [0.05, 0.1) is 16.6 Å². The van der Waals surface area contributed by atoms with Crippen LogP contribution in [0.3, 0.4) is 0 Å². The van der Waals surface area contributed by atoms with E-state index in [0.717, 1.165) is 6.07 Å². The number of carbonyl (C=O) groups is 1. The molecule has 0 saturated heterocycles. The minimum Gasteiger partial charge on any atom is -0.476 e. The van der Waals surface area contributed by atoms with Gasteiger partial charge in [0, 0.05) is 5.02 Å². The van der Waals surface area contributed by atoms with Gasteiger partial charge in [0.25, 0.3) is 0 Å². The molecule has 0 bridgehead atoms. The molecule has 0 unspecified atom stereocenters. The molecule has 7 heteroatoms. The molecule has 1 N–H and O–H groups in total. The zero-order chi connectivity index (χ0) is 15.9. The Kier molecular flexibility index (Phi) is 3.38. The molecule has 2 aromatic carbocycles. The first-order valence-corrected chi connectivity index (χ1v) is 6.57. The van der Waals surface area contributed by atoms with Gasteiger partial charge in [-0.15, -0.1) is 0 Å². The summed E-state index contributed by atoms with van der Waals surface area (Å²) in [6.45, 7) is 0. The van der Waals surface area contributed by atoms with Crippen molar-refractivity contribution < 1.29 is 14.3 Å². The highest BCUT2D eigenvalue weighted by Crippen LogP contribution is 2.19. The number of hydrogen-bond acceptors (Lipinski definition) is 3. The summed E-state index contributed by atoms with van der Waals surface area (Å²) in [6.07, 6.45) is 0. The van der Waals surface area contributed by atoms with Gasteiger partial charge >= 0.3 is 5.97 Å². The lowest BCUT2D eigenvalue weighted by molar-refractivity contribution is 0.0687. The normalized spacial score (nSPS) is 10.8. The summed E-state index contributed by atoms with van der Waals surface area (Å²) in [5, 5.41) is 13.1. The third-order valence-electron chi connectivity index (χ3n) is 3.14. The molecule has 5 nitrogen and oxygen atoms in total. The van der Waals surface area contributed by atoms with Crippen LogP contribution in [0.1, 0.15) is 10.5 Å². The molecular weight excluding hydrogens is 311 g/mol. The number of carboxylic acids is 1. The minimum absolute atomic E-state index is 0.178. The smallest absolute Gasteiger partial charge is 0.360 e. The van der Waals surface area contributed by atoms with Crippen LogP contribution in [0.15, 0.2) is 47.3 Å². The number of aromatic carboxylic acids is 1. The Balaban J connectivity index is 2.46. The monoisotopic (exact) mass is 318 g/mol. The Morgan fingerprint density at radius 1 is 1.18 bits per heavy atom. The highest BCUT2D eigenvalue weighted by molar-refractivity contribution is 6.30. The molecule has 3 aromatic rings. The van der Waals surface area contributed by atoms with Crippen LogP contribution >= 0.6 is 11.6 Å². The quantitative estimate of drug-likeness (QED) is 0.788. The maximum Gasteiger partial charge on any atom is 0.360 e. The molecule has 3 rings (SSSR count). The van der Waals surface area contributed by atoms with Gasteiger partial charge in [-0.25, -0.2) is 13.9 Å². The van der Waals surface area contributed by atoms with E-state index in [4.69, 9.17) is 16.7 Å². The fourth-order valence-electron chi connectivity index (χ4n) is 2.15. The third-order valence-corrected chi connectivity index (χ3v) is 3.39. The molecule has 0 aliphatic rings. The van der Waals surface area contributed by atoms with Crippen LogP contribution in [-0.2, 0) is 0 Å². The van der Waals surface area contributed by atoms with Gasteiger partial charge < -0.3 is 5.11 Å². The van der Waals surface area contributed by atoms with E-state index in [0.29, 0.717) is 10.7 Å². The van der Waals surface area contributed by atoms with Crippen LogP contribution in [0, 0.1) is 5.82 Å². The van der Waals surface area contributed by atoms with E-state index in [9.17, 15) is 14.0 Å². The maximum atomic E-state index is 14.0. The van der Waals surface area contributed by atoms with Crippen molar-refractivity contribution in [3.63, 3.8) is 0 Å². The summed E-state index contributed by atoms with van der Waals surface area (Å²) >= 11 is 5.82. The predicted octanol–water partition coefficient (Wildman–Crippen LogP) is 2.88. The number of nitrogens with zero attached hydrogens (tertiary/aromatic N) is 2. The van der Waals surface area contributed by atoms with Gasteiger partial charge in [-0.3, -0.25) is 4.79 Å². The second-order valence-corrected chi connectivity index (χ2v) is 4.94. The highest BCUT2D eigenvalue weighted by Gasteiger charge is 2.19. The van der Waals surface area contributed by atoms with Gasteiger partial charge in [-0.2, -0.15) is 5.10 Å². The molecule has 0 fully saturated rings. The average molecular weight is 319 g/mol. The molecule has 1 heterocycles. The average Bonchev–Trinajstić information content (AvgIpc) is 2.48. The van der Waals surface area contributed by atoms with E-state index in [1.54, 1.807) is 24.3 Å². The van der Waals surface area contributed by atoms with E-state index in [1.807, 2.05) is 0 Å². The number of benzene rings is 2. The van der Waals surface area contributed by atoms with E-state index >= 15 is 0 Å². The summed E-state index contributed by atoms with van der Waals surface area (Å²) in [7, 11) is 0. The van der Waals surface area contributed by atoms with Crippen molar-refractivity contribution in [3.05, 3.63) is 69.2 Å². The maximum absolute atomic E-state index is 14.0. The Bertz CT molecular complexity index is 951. The third kappa shape index (κ3) is 2.23. The molecule has 0 aliphatic carbocycles. The summed E-state index contributed by atoms with van der Waals surface area (Å²) in [4.78, 5) is 23.3. The van der Waals surface area contributed by atoms with E-state index in [2.05, 4.69) is 5.10 Å². The van der Waals surface area contributed by atoms with E-state index < -0.39 is 22.9 Å². The fraction of sp³-hybridized carbons (Fsp3) is 0. The van der Waals surface area contributed by atoms with Crippen LogP contribution in [0.25, 0.3) is 16.6 Å². The largest absolute Gasteiger partial charge is 0.476 e. The summed E-state index contributed by atoms with van der Waals surface area (Å²) in [6, 6.07) is 10.4. The summed E-state index contributed by atoms with van der Waals surface area (Å²) in [5.74, 6) is -2.31. The molecular formula is C15H8ClFN2O3. The van der Waals surface area contributed by atoms with Gasteiger partial charge in [-0.1, -0.05) is 17.7 Å². The number of rotatable bonds is 2. The van der Waals surface area contributed by atoms with Crippen LogP contribution < -0.4 is 5.43 Å². The van der Waals surface area contributed by atoms with Crippen molar-refractivity contribution in [2.75, 3.05) is 0 Å². The zero-order valence-electron chi connectivity index (χ0n) is 11.0. The molecule has 0 atom stereocenters. The highest BCUT2D eigenvalue weighted by atomic mass is 35.5. The fourth-order valence-corrected chi connectivity index (χ4v) is 2.28. The van der Waals surface area contributed by atoms with Gasteiger partial charge in [0.15, 0.2) is 0 Å². The molecule has 0 radical (unpaired) electrons. The standard InChI is InChI=1S/C15H8ClFN2O3/c16-8-4-6-9(7-5-8)19-11-3-1-2-10(17)12(11)14(20)13(18-19)15(21)22/h1-7H,(H,21,22). The van der Waals surface area contributed by atoms with Crippen molar-refractivity contribution in [3.8, 4) is 5.69 Å². The van der Waals surface area contributed by atoms with Crippen molar-refractivity contribution in [1.82, 2.24) is 9.78 Å². The van der Waals surface area contributed by atoms with Crippen LogP contribution in [-0.4, -0.2) is 20.9 Å². The van der Waals surface area contributed by atoms with E-state index in [1.165, 1.54) is 16.8 Å². The van der Waals surface area contributed by atoms with Crippen molar-refractivity contribution in [2.24, 2.45) is 0 Å². The SMILES string of the molecule is O=C(O)c1nn(-c2ccc(Cl)cc2)c2cccc(F)c2c1=O. The number of fused-ring (bicyclic) bond motifs is 1. The number of hydrogen-bond donors (Lipinski definition) is 1. The van der Waals surface area contributed by atoms with Crippen LogP contribution in [0.4, 0.5) is 4.39 Å². The molecule has 0 amide bonds. The molecule has 0 aliphatic heterocycles. The lowest BCUT2D eigenvalue weighted by atomic mass is 10.1. The number of carboxylic acid groups (broad SMARTS) is 1. The Hall–Kier alpha value is -2.73.